The van der Waals surface area contributed by atoms with Gasteiger partial charge in [-0.2, -0.15) is 0 Å². The first-order valence-electron chi connectivity index (χ1n) is 7.89. The quantitative estimate of drug-likeness (QED) is 0.835. The lowest BCUT2D eigenvalue weighted by Gasteiger charge is -2.18. The minimum Gasteiger partial charge on any atom is -0.378 e. The Morgan fingerprint density at radius 1 is 1.23 bits per heavy atom. The third-order valence-electron chi connectivity index (χ3n) is 4.61. The lowest BCUT2D eigenvalue weighted by atomic mass is 9.99. The highest BCUT2D eigenvalue weighted by molar-refractivity contribution is 7.89. The highest BCUT2D eigenvalue weighted by Gasteiger charge is 2.32. The van der Waals surface area contributed by atoms with Gasteiger partial charge in [-0.15, -0.1) is 0 Å². The van der Waals surface area contributed by atoms with E-state index in [1.807, 2.05) is 0 Å². The van der Waals surface area contributed by atoms with Gasteiger partial charge in [0, 0.05) is 19.7 Å². The van der Waals surface area contributed by atoms with Crippen molar-refractivity contribution >= 4 is 10.0 Å². The van der Waals surface area contributed by atoms with E-state index in [9.17, 15) is 12.8 Å². The van der Waals surface area contributed by atoms with Crippen LogP contribution < -0.4 is 0 Å². The maximum Gasteiger partial charge on any atom is 0.214 e. The Bertz CT molecular complexity index is 596. The van der Waals surface area contributed by atoms with Gasteiger partial charge in [0.1, 0.15) is 5.82 Å². The van der Waals surface area contributed by atoms with Crippen LogP contribution in [0.3, 0.4) is 0 Å². The molecule has 0 amide bonds. The van der Waals surface area contributed by atoms with Crippen molar-refractivity contribution in [1.82, 2.24) is 4.31 Å². The van der Waals surface area contributed by atoms with E-state index in [4.69, 9.17) is 4.74 Å². The molecular formula is C16H22FNO3S. The molecule has 1 aromatic rings. The van der Waals surface area contributed by atoms with Crippen LogP contribution in [0, 0.1) is 5.82 Å². The summed E-state index contributed by atoms with van der Waals surface area (Å²) < 4.78 is 44.9. The number of hydrogen-bond donors (Lipinski definition) is 0. The smallest absolute Gasteiger partial charge is 0.214 e. The SMILES string of the molecule is O=S(=O)(CC[C@H]1CCCO1)N1CC[C@H](c2ccc(F)cc2)C1. The number of sulfonamides is 1. The molecule has 0 saturated carbocycles. The van der Waals surface area contributed by atoms with Crippen LogP contribution >= 0.6 is 0 Å². The van der Waals surface area contributed by atoms with E-state index < -0.39 is 10.0 Å². The number of rotatable bonds is 5. The first-order valence-corrected chi connectivity index (χ1v) is 9.50. The number of hydrogen-bond acceptors (Lipinski definition) is 3. The monoisotopic (exact) mass is 327 g/mol. The van der Waals surface area contributed by atoms with Gasteiger partial charge in [0.25, 0.3) is 0 Å². The van der Waals surface area contributed by atoms with Gasteiger partial charge >= 0.3 is 0 Å². The topological polar surface area (TPSA) is 46.6 Å². The zero-order valence-electron chi connectivity index (χ0n) is 12.6. The third kappa shape index (κ3) is 3.67. The van der Waals surface area contributed by atoms with Crippen molar-refractivity contribution in [1.29, 1.82) is 0 Å². The highest BCUT2D eigenvalue weighted by atomic mass is 32.2. The summed E-state index contributed by atoms with van der Waals surface area (Å²) in [4.78, 5) is 0. The number of ether oxygens (including phenoxy) is 1. The van der Waals surface area contributed by atoms with Crippen molar-refractivity contribution in [2.24, 2.45) is 0 Å². The summed E-state index contributed by atoms with van der Waals surface area (Å²) in [7, 11) is -3.22. The van der Waals surface area contributed by atoms with E-state index in [0.717, 1.165) is 31.4 Å². The molecule has 0 unspecified atom stereocenters. The highest BCUT2D eigenvalue weighted by Crippen LogP contribution is 2.29. The van der Waals surface area contributed by atoms with Crippen LogP contribution in [0.25, 0.3) is 0 Å². The number of nitrogens with zero attached hydrogens (tertiary/aromatic N) is 1. The third-order valence-corrected chi connectivity index (χ3v) is 6.48. The van der Waals surface area contributed by atoms with Gasteiger partial charge in [0.05, 0.1) is 11.9 Å². The van der Waals surface area contributed by atoms with Crippen LogP contribution in [0.1, 0.15) is 37.2 Å². The lowest BCUT2D eigenvalue weighted by Crippen LogP contribution is -2.32. The normalized spacial score (nSPS) is 26.6. The van der Waals surface area contributed by atoms with E-state index in [2.05, 4.69) is 0 Å². The summed E-state index contributed by atoms with van der Waals surface area (Å²) in [6.45, 7) is 1.80. The van der Waals surface area contributed by atoms with Crippen LogP contribution in [0.4, 0.5) is 4.39 Å². The molecule has 2 aliphatic rings. The van der Waals surface area contributed by atoms with E-state index >= 15 is 0 Å². The molecule has 0 spiro atoms. The van der Waals surface area contributed by atoms with E-state index in [1.165, 1.54) is 12.1 Å². The Morgan fingerprint density at radius 2 is 2.00 bits per heavy atom. The van der Waals surface area contributed by atoms with Crippen molar-refractivity contribution in [3.8, 4) is 0 Å². The minimum atomic E-state index is -3.22. The Hall–Kier alpha value is -0.980. The summed E-state index contributed by atoms with van der Waals surface area (Å²) in [6.07, 6.45) is 3.48. The first kappa shape index (κ1) is 15.9. The lowest BCUT2D eigenvalue weighted by molar-refractivity contribution is 0.108. The molecule has 0 radical (unpaired) electrons. The van der Waals surface area contributed by atoms with Gasteiger partial charge in [0.2, 0.25) is 10.0 Å². The van der Waals surface area contributed by atoms with Gasteiger partial charge < -0.3 is 4.74 Å². The van der Waals surface area contributed by atoms with Crippen molar-refractivity contribution in [2.75, 3.05) is 25.4 Å². The molecule has 0 aliphatic carbocycles. The molecular weight excluding hydrogens is 305 g/mol. The fourth-order valence-corrected chi connectivity index (χ4v) is 4.88. The zero-order valence-corrected chi connectivity index (χ0v) is 13.4. The Balaban J connectivity index is 1.57. The van der Waals surface area contributed by atoms with Crippen molar-refractivity contribution < 1.29 is 17.5 Å². The van der Waals surface area contributed by atoms with E-state index in [1.54, 1.807) is 16.4 Å². The number of benzene rings is 1. The summed E-state index contributed by atoms with van der Waals surface area (Å²) in [5.74, 6) is 0.0641. The molecule has 6 heteroatoms. The molecule has 22 heavy (non-hydrogen) atoms. The number of halogens is 1. The molecule has 0 aromatic heterocycles. The van der Waals surface area contributed by atoms with E-state index in [-0.39, 0.29) is 23.6 Å². The summed E-state index contributed by atoms with van der Waals surface area (Å²) in [6, 6.07) is 6.37. The second kappa shape index (κ2) is 6.64. The fourth-order valence-electron chi connectivity index (χ4n) is 3.27. The Morgan fingerprint density at radius 3 is 2.68 bits per heavy atom. The standard InChI is InChI=1S/C16H22FNO3S/c17-15-5-3-13(4-6-15)14-7-9-18(12-14)22(19,20)11-8-16-2-1-10-21-16/h3-6,14,16H,1-2,7-12H2/t14-,16+/m0/s1. The van der Waals surface area contributed by atoms with Gasteiger partial charge in [-0.05, 0) is 49.3 Å². The predicted octanol–water partition coefficient (Wildman–Crippen LogP) is 2.51. The average Bonchev–Trinajstić information content (AvgIpc) is 3.18. The van der Waals surface area contributed by atoms with Gasteiger partial charge in [-0.3, -0.25) is 0 Å². The van der Waals surface area contributed by atoms with Crippen LogP contribution in [-0.2, 0) is 14.8 Å². The summed E-state index contributed by atoms with van der Waals surface area (Å²) in [5, 5.41) is 0. The Labute approximate surface area is 131 Å². The Kier molecular flexibility index (Phi) is 4.80. The predicted molar refractivity (Wildman–Crippen MR) is 82.7 cm³/mol. The molecule has 4 nitrogen and oxygen atoms in total. The molecule has 1 aromatic carbocycles. The van der Waals surface area contributed by atoms with Gasteiger partial charge in [-0.1, -0.05) is 12.1 Å². The molecule has 0 N–H and O–H groups in total. The second-order valence-corrected chi connectivity index (χ2v) is 8.22. The van der Waals surface area contributed by atoms with Crippen molar-refractivity contribution in [3.63, 3.8) is 0 Å². The van der Waals surface area contributed by atoms with Gasteiger partial charge in [-0.25, -0.2) is 17.1 Å². The molecule has 2 heterocycles. The maximum absolute atomic E-state index is 13.0. The summed E-state index contributed by atoms with van der Waals surface area (Å²) >= 11 is 0. The molecule has 0 bridgehead atoms. The summed E-state index contributed by atoms with van der Waals surface area (Å²) in [5.41, 5.74) is 1.01. The average molecular weight is 327 g/mol. The van der Waals surface area contributed by atoms with Gasteiger partial charge in [0.15, 0.2) is 0 Å². The molecule has 2 aliphatic heterocycles. The van der Waals surface area contributed by atoms with Crippen LogP contribution in [0.15, 0.2) is 24.3 Å². The zero-order chi connectivity index (χ0) is 15.6. The van der Waals surface area contributed by atoms with Crippen molar-refractivity contribution in [2.45, 2.75) is 37.7 Å². The molecule has 2 saturated heterocycles. The molecule has 2 fully saturated rings. The van der Waals surface area contributed by atoms with Crippen molar-refractivity contribution in [3.05, 3.63) is 35.6 Å². The van der Waals surface area contributed by atoms with E-state index in [0.29, 0.717) is 19.5 Å². The molecule has 3 rings (SSSR count). The largest absolute Gasteiger partial charge is 0.378 e. The molecule has 2 atom stereocenters. The fraction of sp³-hybridized carbons (Fsp3) is 0.625. The van der Waals surface area contributed by atoms with Crippen LogP contribution in [-0.4, -0.2) is 44.3 Å². The minimum absolute atomic E-state index is 0.102. The molecule has 122 valence electrons. The first-order chi connectivity index (χ1) is 10.5. The van der Waals surface area contributed by atoms with Crippen LogP contribution in [0.2, 0.25) is 0 Å². The second-order valence-electron chi connectivity index (χ2n) is 6.13. The van der Waals surface area contributed by atoms with Crippen LogP contribution in [0.5, 0.6) is 0 Å². The maximum atomic E-state index is 13.0.